The average Bonchev–Trinajstić information content (AvgIpc) is 2.91. The number of carbonyl (C=O) groups is 1. The van der Waals surface area contributed by atoms with E-state index in [0.717, 1.165) is 31.2 Å². The van der Waals surface area contributed by atoms with Gasteiger partial charge in [-0.2, -0.15) is 0 Å². The highest BCUT2D eigenvalue weighted by atomic mass is 16.6. The fraction of sp³-hybridized carbons (Fsp3) is 0.588. The van der Waals surface area contributed by atoms with Crippen LogP contribution in [0.25, 0.3) is 0 Å². The van der Waals surface area contributed by atoms with E-state index in [-0.39, 0.29) is 23.6 Å². The molecule has 0 radical (unpaired) electrons. The third-order valence-electron chi connectivity index (χ3n) is 3.79. The van der Waals surface area contributed by atoms with Crippen molar-refractivity contribution in [3.05, 3.63) is 23.8 Å². The van der Waals surface area contributed by atoms with Crippen molar-refractivity contribution in [2.24, 2.45) is 0 Å². The predicted octanol–water partition coefficient (Wildman–Crippen LogP) is 3.78. The Balaban J connectivity index is 2.16. The number of carbonyl (C=O) groups excluding carboxylic acids is 1. The molecule has 0 aliphatic heterocycles. The van der Waals surface area contributed by atoms with Crippen molar-refractivity contribution in [2.45, 2.75) is 64.6 Å². The van der Waals surface area contributed by atoms with Crippen molar-refractivity contribution in [1.82, 2.24) is 4.90 Å². The van der Waals surface area contributed by atoms with Gasteiger partial charge in [-0.25, -0.2) is 4.79 Å². The first kappa shape index (κ1) is 16.5. The van der Waals surface area contributed by atoms with Crippen LogP contribution in [0.5, 0.6) is 11.5 Å². The van der Waals surface area contributed by atoms with Gasteiger partial charge in [-0.05, 0) is 51.3 Å². The zero-order valence-corrected chi connectivity index (χ0v) is 13.5. The van der Waals surface area contributed by atoms with E-state index in [9.17, 15) is 15.0 Å². The summed E-state index contributed by atoms with van der Waals surface area (Å²) in [5.41, 5.74) is 0.235. The van der Waals surface area contributed by atoms with Crippen molar-refractivity contribution in [1.29, 1.82) is 0 Å². The summed E-state index contributed by atoms with van der Waals surface area (Å²) in [6, 6.07) is 4.81. The molecule has 0 saturated heterocycles. The Morgan fingerprint density at radius 3 is 2.41 bits per heavy atom. The Morgan fingerprint density at radius 1 is 1.23 bits per heavy atom. The zero-order chi connectivity index (χ0) is 16.3. The molecule has 2 rings (SSSR count). The normalized spacial score (nSPS) is 15.8. The fourth-order valence-electron chi connectivity index (χ4n) is 2.74. The molecule has 0 heterocycles. The van der Waals surface area contributed by atoms with Gasteiger partial charge >= 0.3 is 6.09 Å². The summed E-state index contributed by atoms with van der Waals surface area (Å²) in [4.78, 5) is 14.2. The number of hydrogen-bond donors (Lipinski definition) is 2. The highest BCUT2D eigenvalue weighted by Crippen LogP contribution is 2.29. The molecule has 0 bridgehead atoms. The third-order valence-corrected chi connectivity index (χ3v) is 3.79. The van der Waals surface area contributed by atoms with Gasteiger partial charge in [0, 0.05) is 12.6 Å². The molecule has 0 aromatic heterocycles. The number of benzene rings is 1. The highest BCUT2D eigenvalue weighted by Gasteiger charge is 2.30. The second kappa shape index (κ2) is 6.46. The summed E-state index contributed by atoms with van der Waals surface area (Å²) >= 11 is 0. The summed E-state index contributed by atoms with van der Waals surface area (Å²) in [5.74, 6) is -0.332. The van der Waals surface area contributed by atoms with Crippen LogP contribution in [0.4, 0.5) is 4.79 Å². The quantitative estimate of drug-likeness (QED) is 0.834. The van der Waals surface area contributed by atoms with Crippen molar-refractivity contribution >= 4 is 6.09 Å². The van der Waals surface area contributed by atoms with Crippen LogP contribution in [0.2, 0.25) is 0 Å². The second-order valence-electron chi connectivity index (χ2n) is 6.87. The largest absolute Gasteiger partial charge is 0.504 e. The molecule has 122 valence electrons. The molecule has 1 saturated carbocycles. The molecule has 5 nitrogen and oxygen atoms in total. The summed E-state index contributed by atoms with van der Waals surface area (Å²) in [5, 5.41) is 19.0. The van der Waals surface area contributed by atoms with Crippen LogP contribution in [-0.4, -0.2) is 32.8 Å². The lowest BCUT2D eigenvalue weighted by Crippen LogP contribution is -2.41. The van der Waals surface area contributed by atoms with Gasteiger partial charge < -0.3 is 19.8 Å². The molecule has 0 atom stereocenters. The van der Waals surface area contributed by atoms with Crippen LogP contribution in [-0.2, 0) is 11.3 Å². The molecule has 22 heavy (non-hydrogen) atoms. The number of phenolic OH excluding ortho intramolecular Hbond substituents is 2. The SMILES string of the molecule is CC(C)(C)OC(=O)N(Cc1ccc(O)c(O)c1)C1CCCC1. The minimum Gasteiger partial charge on any atom is -0.504 e. The smallest absolute Gasteiger partial charge is 0.410 e. The van der Waals surface area contributed by atoms with E-state index in [1.165, 1.54) is 12.1 Å². The van der Waals surface area contributed by atoms with Crippen molar-refractivity contribution in [2.75, 3.05) is 0 Å². The number of hydrogen-bond acceptors (Lipinski definition) is 4. The Kier molecular flexibility index (Phi) is 4.84. The summed E-state index contributed by atoms with van der Waals surface area (Å²) < 4.78 is 5.51. The lowest BCUT2D eigenvalue weighted by Gasteiger charge is -2.31. The molecule has 0 unspecified atom stereocenters. The van der Waals surface area contributed by atoms with Gasteiger partial charge in [-0.3, -0.25) is 0 Å². The molecular weight excluding hydrogens is 282 g/mol. The highest BCUT2D eigenvalue weighted by molar-refractivity contribution is 5.68. The van der Waals surface area contributed by atoms with E-state index in [0.29, 0.717) is 6.54 Å². The van der Waals surface area contributed by atoms with E-state index in [1.54, 1.807) is 11.0 Å². The van der Waals surface area contributed by atoms with Gasteiger partial charge in [-0.1, -0.05) is 18.9 Å². The average molecular weight is 307 g/mol. The summed E-state index contributed by atoms with van der Waals surface area (Å²) in [6.07, 6.45) is 3.86. The van der Waals surface area contributed by atoms with Crippen LogP contribution < -0.4 is 0 Å². The Morgan fingerprint density at radius 2 is 1.86 bits per heavy atom. The van der Waals surface area contributed by atoms with Crippen molar-refractivity contribution in [3.8, 4) is 11.5 Å². The summed E-state index contributed by atoms with van der Waals surface area (Å²) in [7, 11) is 0. The first-order valence-electron chi connectivity index (χ1n) is 7.77. The minimum absolute atomic E-state index is 0.159. The molecular formula is C17H25NO4. The minimum atomic E-state index is -0.537. The monoisotopic (exact) mass is 307 g/mol. The molecule has 1 aromatic rings. The number of nitrogens with zero attached hydrogens (tertiary/aromatic N) is 1. The molecule has 2 N–H and O–H groups in total. The van der Waals surface area contributed by atoms with Gasteiger partial charge in [0.25, 0.3) is 0 Å². The Labute approximate surface area is 131 Å². The third kappa shape index (κ3) is 4.29. The lowest BCUT2D eigenvalue weighted by molar-refractivity contribution is 0.0144. The van der Waals surface area contributed by atoms with Gasteiger partial charge in [0.2, 0.25) is 0 Å². The molecule has 1 aliphatic rings. The number of aromatic hydroxyl groups is 2. The van der Waals surface area contributed by atoms with Gasteiger partial charge in [0.15, 0.2) is 11.5 Å². The predicted molar refractivity (Wildman–Crippen MR) is 83.8 cm³/mol. The number of ether oxygens (including phenoxy) is 1. The molecule has 1 fully saturated rings. The second-order valence-corrected chi connectivity index (χ2v) is 6.87. The van der Waals surface area contributed by atoms with Crippen LogP contribution in [0, 0.1) is 0 Å². The molecule has 1 amide bonds. The van der Waals surface area contributed by atoms with Crippen molar-refractivity contribution < 1.29 is 19.7 Å². The lowest BCUT2D eigenvalue weighted by atomic mass is 10.1. The van der Waals surface area contributed by atoms with Crippen LogP contribution in [0.15, 0.2) is 18.2 Å². The maximum absolute atomic E-state index is 12.5. The van der Waals surface area contributed by atoms with E-state index in [1.807, 2.05) is 20.8 Å². The summed E-state index contributed by atoms with van der Waals surface area (Å²) in [6.45, 7) is 5.92. The zero-order valence-electron chi connectivity index (χ0n) is 13.5. The first-order chi connectivity index (χ1) is 10.3. The van der Waals surface area contributed by atoms with Gasteiger partial charge in [0.05, 0.1) is 0 Å². The molecule has 0 spiro atoms. The Bertz CT molecular complexity index is 530. The van der Waals surface area contributed by atoms with E-state index in [2.05, 4.69) is 0 Å². The number of phenols is 2. The molecule has 1 aromatic carbocycles. The standard InChI is InChI=1S/C17H25NO4/c1-17(2,3)22-16(21)18(13-6-4-5-7-13)11-12-8-9-14(19)15(20)10-12/h8-10,13,19-20H,4-7,11H2,1-3H3. The first-order valence-corrected chi connectivity index (χ1v) is 7.77. The van der Waals surface area contributed by atoms with E-state index in [4.69, 9.17) is 4.74 Å². The number of rotatable bonds is 3. The van der Waals surface area contributed by atoms with Gasteiger partial charge in [-0.15, -0.1) is 0 Å². The Hall–Kier alpha value is -1.91. The number of amides is 1. The fourth-order valence-corrected chi connectivity index (χ4v) is 2.74. The van der Waals surface area contributed by atoms with E-state index >= 15 is 0 Å². The van der Waals surface area contributed by atoms with Crippen LogP contribution in [0.1, 0.15) is 52.0 Å². The molecule has 5 heteroatoms. The van der Waals surface area contributed by atoms with E-state index < -0.39 is 5.60 Å². The van der Waals surface area contributed by atoms with Crippen LogP contribution >= 0.6 is 0 Å². The molecule has 1 aliphatic carbocycles. The maximum Gasteiger partial charge on any atom is 0.410 e. The maximum atomic E-state index is 12.5. The topological polar surface area (TPSA) is 70.0 Å². The van der Waals surface area contributed by atoms with Crippen LogP contribution in [0.3, 0.4) is 0 Å². The van der Waals surface area contributed by atoms with Crippen molar-refractivity contribution in [3.63, 3.8) is 0 Å². The van der Waals surface area contributed by atoms with Gasteiger partial charge in [0.1, 0.15) is 5.60 Å².